The third-order valence-corrected chi connectivity index (χ3v) is 4.68. The summed E-state index contributed by atoms with van der Waals surface area (Å²) >= 11 is 0. The van der Waals surface area contributed by atoms with Crippen molar-refractivity contribution in [3.63, 3.8) is 0 Å². The molecule has 28 heavy (non-hydrogen) atoms. The summed E-state index contributed by atoms with van der Waals surface area (Å²) in [7, 11) is 3.04. The summed E-state index contributed by atoms with van der Waals surface area (Å²) in [6.45, 7) is 0. The van der Waals surface area contributed by atoms with Gasteiger partial charge in [0.25, 0.3) is 0 Å². The molecule has 2 aromatic carbocycles. The Bertz CT molecular complexity index is 1200. The van der Waals surface area contributed by atoms with E-state index >= 15 is 0 Å². The SMILES string of the molecule is COc1cc(OC)cc(C2C(C#N)=C(N)Oc3c2c(=O)oc2ccccc32)c1. The zero-order valence-corrected chi connectivity index (χ0v) is 15.2. The molecule has 1 atom stereocenters. The number of rotatable bonds is 3. The molecule has 0 radical (unpaired) electrons. The molecule has 0 saturated heterocycles. The van der Waals surface area contributed by atoms with Crippen LogP contribution in [-0.4, -0.2) is 14.2 Å². The van der Waals surface area contributed by atoms with E-state index in [2.05, 4.69) is 6.07 Å². The van der Waals surface area contributed by atoms with Gasteiger partial charge in [-0.2, -0.15) is 5.26 Å². The van der Waals surface area contributed by atoms with Gasteiger partial charge in [-0.05, 0) is 29.8 Å². The molecule has 2 heterocycles. The van der Waals surface area contributed by atoms with Crippen molar-refractivity contribution in [2.24, 2.45) is 5.73 Å². The Labute approximate surface area is 160 Å². The predicted molar refractivity (Wildman–Crippen MR) is 101 cm³/mol. The molecule has 7 heteroatoms. The normalized spacial score (nSPS) is 15.5. The lowest BCUT2D eigenvalue weighted by Crippen LogP contribution is -2.26. The lowest BCUT2D eigenvalue weighted by molar-refractivity contribution is 0.384. The molecule has 1 aromatic heterocycles. The molecule has 4 rings (SSSR count). The van der Waals surface area contributed by atoms with Crippen LogP contribution in [0.1, 0.15) is 17.0 Å². The van der Waals surface area contributed by atoms with Crippen LogP contribution in [-0.2, 0) is 0 Å². The highest BCUT2D eigenvalue weighted by Gasteiger charge is 2.36. The second-order valence-corrected chi connectivity index (χ2v) is 6.20. The molecular formula is C21H16N2O5. The van der Waals surface area contributed by atoms with Crippen LogP contribution in [0.25, 0.3) is 11.0 Å². The monoisotopic (exact) mass is 376 g/mol. The molecule has 2 N–H and O–H groups in total. The van der Waals surface area contributed by atoms with Crippen molar-refractivity contribution in [2.75, 3.05) is 14.2 Å². The van der Waals surface area contributed by atoms with Gasteiger partial charge in [-0.25, -0.2) is 4.79 Å². The second kappa shape index (κ2) is 6.67. The first-order chi connectivity index (χ1) is 13.6. The van der Waals surface area contributed by atoms with Crippen LogP contribution in [0.4, 0.5) is 0 Å². The maximum atomic E-state index is 12.9. The van der Waals surface area contributed by atoms with Crippen LogP contribution in [0.5, 0.6) is 17.2 Å². The Morgan fingerprint density at radius 1 is 1.11 bits per heavy atom. The van der Waals surface area contributed by atoms with Crippen molar-refractivity contribution in [3.8, 4) is 23.3 Å². The van der Waals surface area contributed by atoms with Gasteiger partial charge < -0.3 is 24.4 Å². The summed E-state index contributed by atoms with van der Waals surface area (Å²) < 4.78 is 21.8. The minimum absolute atomic E-state index is 0.0578. The van der Waals surface area contributed by atoms with E-state index in [1.165, 1.54) is 14.2 Å². The Balaban J connectivity index is 2.07. The number of hydrogen-bond donors (Lipinski definition) is 1. The fraction of sp³-hybridized carbons (Fsp3) is 0.143. The van der Waals surface area contributed by atoms with E-state index in [1.54, 1.807) is 42.5 Å². The van der Waals surface area contributed by atoms with Gasteiger partial charge in [0.2, 0.25) is 5.88 Å². The number of benzene rings is 2. The summed E-state index contributed by atoms with van der Waals surface area (Å²) in [6.07, 6.45) is 0. The third kappa shape index (κ3) is 2.63. The van der Waals surface area contributed by atoms with Crippen molar-refractivity contribution in [1.29, 1.82) is 5.26 Å². The molecule has 0 aliphatic carbocycles. The Morgan fingerprint density at radius 2 is 1.79 bits per heavy atom. The van der Waals surface area contributed by atoms with Gasteiger partial charge in [-0.1, -0.05) is 12.1 Å². The van der Waals surface area contributed by atoms with Gasteiger partial charge in [0.1, 0.15) is 28.7 Å². The molecule has 140 valence electrons. The highest BCUT2D eigenvalue weighted by Crippen LogP contribution is 2.44. The molecule has 0 amide bonds. The Hall–Kier alpha value is -3.92. The van der Waals surface area contributed by atoms with E-state index in [9.17, 15) is 10.1 Å². The predicted octanol–water partition coefficient (Wildman–Crippen LogP) is 3.03. The van der Waals surface area contributed by atoms with Gasteiger partial charge in [0.05, 0.1) is 31.1 Å². The number of allylic oxidation sites excluding steroid dienone is 1. The summed E-state index contributed by atoms with van der Waals surface area (Å²) in [6, 6.07) is 14.2. The summed E-state index contributed by atoms with van der Waals surface area (Å²) in [4.78, 5) is 12.9. The fourth-order valence-corrected chi connectivity index (χ4v) is 3.40. The number of nitrogens with two attached hydrogens (primary N) is 1. The topological polar surface area (TPSA) is 108 Å². The largest absolute Gasteiger partial charge is 0.497 e. The molecule has 0 saturated carbocycles. The van der Waals surface area contributed by atoms with Gasteiger partial charge >= 0.3 is 5.63 Å². The average Bonchev–Trinajstić information content (AvgIpc) is 2.72. The standard InChI is InChI=1S/C21H16N2O5/c1-25-12-7-11(8-13(9-12)26-2)17-15(10-22)20(23)28-19-14-5-3-4-6-16(14)27-21(24)18(17)19/h3-9,17H,23H2,1-2H3. The molecule has 1 unspecified atom stereocenters. The number of para-hydroxylation sites is 1. The van der Waals surface area contributed by atoms with Crippen molar-refractivity contribution >= 4 is 11.0 Å². The number of nitriles is 1. The van der Waals surface area contributed by atoms with Gasteiger partial charge in [-0.3, -0.25) is 0 Å². The van der Waals surface area contributed by atoms with Crippen molar-refractivity contribution < 1.29 is 18.6 Å². The number of hydrogen-bond acceptors (Lipinski definition) is 7. The molecule has 1 aliphatic rings. The van der Waals surface area contributed by atoms with E-state index in [0.29, 0.717) is 28.0 Å². The second-order valence-electron chi connectivity index (χ2n) is 6.20. The summed E-state index contributed by atoms with van der Waals surface area (Å²) in [5.41, 5.74) is 6.76. The van der Waals surface area contributed by atoms with E-state index < -0.39 is 11.5 Å². The first-order valence-corrected chi connectivity index (χ1v) is 8.43. The van der Waals surface area contributed by atoms with Crippen LogP contribution in [0, 0.1) is 11.3 Å². The minimum Gasteiger partial charge on any atom is -0.497 e. The van der Waals surface area contributed by atoms with E-state index in [0.717, 1.165) is 0 Å². The number of ether oxygens (including phenoxy) is 3. The van der Waals surface area contributed by atoms with Crippen molar-refractivity contribution in [3.05, 3.63) is 75.5 Å². The maximum Gasteiger partial charge on any atom is 0.344 e. The van der Waals surface area contributed by atoms with Crippen molar-refractivity contribution in [2.45, 2.75) is 5.92 Å². The maximum absolute atomic E-state index is 12.9. The van der Waals surface area contributed by atoms with Gasteiger partial charge in [-0.15, -0.1) is 0 Å². The lowest BCUT2D eigenvalue weighted by Gasteiger charge is -2.26. The third-order valence-electron chi connectivity index (χ3n) is 4.68. The zero-order valence-electron chi connectivity index (χ0n) is 15.2. The zero-order chi connectivity index (χ0) is 19.8. The van der Waals surface area contributed by atoms with Crippen LogP contribution >= 0.6 is 0 Å². The van der Waals surface area contributed by atoms with Gasteiger partial charge in [0.15, 0.2) is 5.75 Å². The molecule has 1 aliphatic heterocycles. The highest BCUT2D eigenvalue weighted by atomic mass is 16.5. The lowest BCUT2D eigenvalue weighted by atomic mass is 9.83. The molecular weight excluding hydrogens is 360 g/mol. The molecule has 0 spiro atoms. The molecule has 0 fully saturated rings. The van der Waals surface area contributed by atoms with E-state index in [1.807, 2.05) is 0 Å². The van der Waals surface area contributed by atoms with Crippen LogP contribution in [0.3, 0.4) is 0 Å². The van der Waals surface area contributed by atoms with Gasteiger partial charge in [0, 0.05) is 6.07 Å². The van der Waals surface area contributed by atoms with Crippen LogP contribution in [0.15, 0.2) is 63.1 Å². The molecule has 7 nitrogen and oxygen atoms in total. The molecule has 0 bridgehead atoms. The fourth-order valence-electron chi connectivity index (χ4n) is 3.40. The van der Waals surface area contributed by atoms with Crippen LogP contribution in [0.2, 0.25) is 0 Å². The van der Waals surface area contributed by atoms with Crippen molar-refractivity contribution in [1.82, 2.24) is 0 Å². The minimum atomic E-state index is -0.779. The summed E-state index contributed by atoms with van der Waals surface area (Å²) in [5.74, 6) is 0.484. The number of nitrogens with zero attached hydrogens (tertiary/aromatic N) is 1. The number of fused-ring (bicyclic) bond motifs is 3. The first kappa shape index (κ1) is 17.5. The number of methoxy groups -OCH3 is 2. The quantitative estimate of drug-likeness (QED) is 0.700. The van der Waals surface area contributed by atoms with Crippen LogP contribution < -0.4 is 25.6 Å². The highest BCUT2D eigenvalue weighted by molar-refractivity contribution is 5.86. The van der Waals surface area contributed by atoms with E-state index in [-0.39, 0.29) is 22.8 Å². The van der Waals surface area contributed by atoms with E-state index in [4.69, 9.17) is 24.4 Å². The smallest absolute Gasteiger partial charge is 0.344 e. The average molecular weight is 376 g/mol. The first-order valence-electron chi connectivity index (χ1n) is 8.43. The Morgan fingerprint density at radius 3 is 2.43 bits per heavy atom. The molecule has 3 aromatic rings. The Kier molecular flexibility index (Phi) is 4.17. The summed E-state index contributed by atoms with van der Waals surface area (Å²) in [5, 5.41) is 10.3.